The number of carbonyl (C=O) groups is 3. The number of nitrogens with two attached hydrogens (primary N) is 1. The second-order valence-electron chi connectivity index (χ2n) is 9.70. The number of primary amides is 1. The van der Waals surface area contributed by atoms with Gasteiger partial charge in [-0.05, 0) is 60.0 Å². The van der Waals surface area contributed by atoms with Crippen LogP contribution in [0.1, 0.15) is 31.8 Å². The number of carbonyl (C=O) groups excluding carboxylic acids is 2. The van der Waals surface area contributed by atoms with E-state index in [1.165, 1.54) is 36.2 Å². The molecule has 0 aliphatic rings. The predicted molar refractivity (Wildman–Crippen MR) is 158 cm³/mol. The molecule has 0 aliphatic heterocycles. The van der Waals surface area contributed by atoms with Gasteiger partial charge in [0.1, 0.15) is 11.3 Å². The van der Waals surface area contributed by atoms with Gasteiger partial charge in [0.2, 0.25) is 21.8 Å². The molecule has 4 aromatic carbocycles. The normalized spacial score (nSPS) is 11.3. The van der Waals surface area contributed by atoms with Gasteiger partial charge in [-0.2, -0.15) is 4.31 Å². The third kappa shape index (κ3) is 6.65. The summed E-state index contributed by atoms with van der Waals surface area (Å²) in [7, 11) is -2.69. The number of anilines is 1. The smallest absolute Gasteiger partial charge is 0.339 e. The molecule has 0 saturated carbocycles. The SMILES string of the molecule is Cc1ccc(S(=O)(=O)N(C)CC(=O)N(Cc2ccc(-c3cccc(C(N)=O)c3)cc2)c2ccc(C(=O)O)c(O)c2)cc1. The molecular weight excluding hydrogens is 558 g/mol. The van der Waals surface area contributed by atoms with Gasteiger partial charge in [0.25, 0.3) is 0 Å². The molecule has 0 aliphatic carbocycles. The fourth-order valence-electron chi connectivity index (χ4n) is 4.28. The molecule has 0 saturated heterocycles. The van der Waals surface area contributed by atoms with E-state index in [9.17, 15) is 33.0 Å². The Morgan fingerprint density at radius 2 is 1.52 bits per heavy atom. The van der Waals surface area contributed by atoms with Crippen LogP contribution >= 0.6 is 0 Å². The third-order valence-electron chi connectivity index (χ3n) is 6.69. The Labute approximate surface area is 243 Å². The van der Waals surface area contributed by atoms with E-state index in [-0.39, 0.29) is 22.7 Å². The average molecular weight is 588 g/mol. The zero-order chi connectivity index (χ0) is 30.6. The lowest BCUT2D eigenvalue weighted by atomic mass is 10.0. The number of hydrogen-bond acceptors (Lipinski definition) is 6. The molecule has 4 aromatic rings. The summed E-state index contributed by atoms with van der Waals surface area (Å²) in [6.07, 6.45) is 0. The van der Waals surface area contributed by atoms with E-state index in [0.29, 0.717) is 11.1 Å². The molecular formula is C31H29N3O7S. The van der Waals surface area contributed by atoms with Crippen molar-refractivity contribution in [2.75, 3.05) is 18.5 Å². The zero-order valence-electron chi connectivity index (χ0n) is 22.9. The average Bonchev–Trinajstić information content (AvgIpc) is 2.96. The second-order valence-corrected chi connectivity index (χ2v) is 11.7. The minimum Gasteiger partial charge on any atom is -0.507 e. The molecule has 0 bridgehead atoms. The van der Waals surface area contributed by atoms with Crippen molar-refractivity contribution in [3.05, 3.63) is 113 Å². The van der Waals surface area contributed by atoms with E-state index >= 15 is 0 Å². The van der Waals surface area contributed by atoms with Crippen LogP contribution < -0.4 is 10.6 Å². The van der Waals surface area contributed by atoms with E-state index in [2.05, 4.69) is 0 Å². The van der Waals surface area contributed by atoms with E-state index in [1.807, 2.05) is 13.0 Å². The van der Waals surface area contributed by atoms with Crippen LogP contribution in [0.4, 0.5) is 5.69 Å². The fourth-order valence-corrected chi connectivity index (χ4v) is 5.40. The first kappa shape index (κ1) is 30.0. The van der Waals surface area contributed by atoms with Crippen molar-refractivity contribution in [3.8, 4) is 16.9 Å². The summed E-state index contributed by atoms with van der Waals surface area (Å²) >= 11 is 0. The highest BCUT2D eigenvalue weighted by Crippen LogP contribution is 2.28. The molecule has 42 heavy (non-hydrogen) atoms. The van der Waals surface area contributed by atoms with E-state index in [0.717, 1.165) is 27.1 Å². The number of amides is 2. The lowest BCUT2D eigenvalue weighted by Gasteiger charge is -2.26. The number of carboxylic acids is 1. The van der Waals surface area contributed by atoms with Crippen molar-refractivity contribution in [2.45, 2.75) is 18.4 Å². The maximum Gasteiger partial charge on any atom is 0.339 e. The summed E-state index contributed by atoms with van der Waals surface area (Å²) in [5.74, 6) is -3.02. The summed E-state index contributed by atoms with van der Waals surface area (Å²) < 4.78 is 27.2. The number of carboxylic acid groups (broad SMARTS) is 1. The molecule has 10 nitrogen and oxygen atoms in total. The first-order chi connectivity index (χ1) is 19.9. The molecule has 0 aromatic heterocycles. The fraction of sp³-hybridized carbons (Fsp3) is 0.129. The van der Waals surface area contributed by atoms with Crippen molar-refractivity contribution in [2.24, 2.45) is 5.73 Å². The molecule has 0 heterocycles. The van der Waals surface area contributed by atoms with Gasteiger partial charge >= 0.3 is 5.97 Å². The van der Waals surface area contributed by atoms with Crippen LogP contribution in [0.5, 0.6) is 5.75 Å². The van der Waals surface area contributed by atoms with Crippen LogP contribution in [0.2, 0.25) is 0 Å². The molecule has 0 radical (unpaired) electrons. The topological polar surface area (TPSA) is 158 Å². The summed E-state index contributed by atoms with van der Waals surface area (Å²) in [5, 5.41) is 19.6. The maximum atomic E-state index is 13.6. The van der Waals surface area contributed by atoms with Gasteiger partial charge < -0.3 is 20.8 Å². The van der Waals surface area contributed by atoms with E-state index in [1.54, 1.807) is 54.6 Å². The number of aromatic carboxylic acids is 1. The Morgan fingerprint density at radius 3 is 2.12 bits per heavy atom. The van der Waals surface area contributed by atoms with Crippen LogP contribution in [-0.2, 0) is 21.4 Å². The highest BCUT2D eigenvalue weighted by molar-refractivity contribution is 7.89. The largest absolute Gasteiger partial charge is 0.507 e. The molecule has 4 N–H and O–H groups in total. The Hall–Kier alpha value is -5.00. The lowest BCUT2D eigenvalue weighted by Crippen LogP contribution is -2.41. The molecule has 216 valence electrons. The predicted octanol–water partition coefficient (Wildman–Crippen LogP) is 4.02. The number of phenols is 1. The first-order valence-electron chi connectivity index (χ1n) is 12.8. The Morgan fingerprint density at radius 1 is 0.857 bits per heavy atom. The summed E-state index contributed by atoms with van der Waals surface area (Å²) in [6, 6.07) is 23.9. The molecule has 0 fully saturated rings. The van der Waals surface area contributed by atoms with Gasteiger partial charge in [-0.3, -0.25) is 9.59 Å². The maximum absolute atomic E-state index is 13.6. The Kier molecular flexibility index (Phi) is 8.74. The van der Waals surface area contributed by atoms with Crippen LogP contribution in [0, 0.1) is 6.92 Å². The minimum atomic E-state index is -3.99. The van der Waals surface area contributed by atoms with Crippen LogP contribution in [0.3, 0.4) is 0 Å². The van der Waals surface area contributed by atoms with Crippen LogP contribution in [0.15, 0.2) is 95.9 Å². The summed E-state index contributed by atoms with van der Waals surface area (Å²) in [5.41, 5.74) is 8.72. The number of likely N-dealkylation sites (N-methyl/N-ethyl adjacent to an activating group) is 1. The summed E-state index contributed by atoms with van der Waals surface area (Å²) in [4.78, 5) is 37.9. The number of sulfonamides is 1. The first-order valence-corrected chi connectivity index (χ1v) is 14.2. The Bertz CT molecular complexity index is 1750. The van der Waals surface area contributed by atoms with Crippen LogP contribution in [-0.4, -0.2) is 54.3 Å². The van der Waals surface area contributed by atoms with Gasteiger partial charge in [-0.25, -0.2) is 13.2 Å². The second kappa shape index (κ2) is 12.2. The molecule has 0 unspecified atom stereocenters. The third-order valence-corrected chi connectivity index (χ3v) is 8.50. The van der Waals surface area contributed by atoms with E-state index in [4.69, 9.17) is 5.73 Å². The van der Waals surface area contributed by atoms with Gasteiger partial charge in [-0.1, -0.05) is 54.1 Å². The molecule has 0 atom stereocenters. The standard InChI is InChI=1S/C31H29N3O7S/c1-20-6-13-26(14-7-20)42(40,41)33(2)19-29(36)34(25-12-15-27(31(38)39)28(35)17-25)18-21-8-10-22(11-9-21)23-4-3-5-24(16-23)30(32)37/h3-17,35H,18-19H2,1-2H3,(H2,32,37)(H,38,39). The van der Waals surface area contributed by atoms with Crippen molar-refractivity contribution in [1.82, 2.24) is 4.31 Å². The molecule has 2 amide bonds. The van der Waals surface area contributed by atoms with Gasteiger partial charge in [-0.15, -0.1) is 0 Å². The van der Waals surface area contributed by atoms with Crippen LogP contribution in [0.25, 0.3) is 11.1 Å². The van der Waals surface area contributed by atoms with Gasteiger partial charge in [0.15, 0.2) is 0 Å². The van der Waals surface area contributed by atoms with Crippen molar-refractivity contribution >= 4 is 33.5 Å². The lowest BCUT2D eigenvalue weighted by molar-refractivity contribution is -0.118. The number of benzene rings is 4. The number of aromatic hydroxyl groups is 1. The minimum absolute atomic E-state index is 0.00921. The summed E-state index contributed by atoms with van der Waals surface area (Å²) in [6.45, 7) is 1.30. The number of rotatable bonds is 10. The van der Waals surface area contributed by atoms with Crippen molar-refractivity contribution < 1.29 is 33.0 Å². The molecule has 11 heteroatoms. The zero-order valence-corrected chi connectivity index (χ0v) is 23.7. The number of nitrogens with zero attached hydrogens (tertiary/aromatic N) is 2. The highest BCUT2D eigenvalue weighted by atomic mass is 32.2. The monoisotopic (exact) mass is 587 g/mol. The molecule has 4 rings (SSSR count). The number of aryl methyl sites for hydroxylation is 1. The van der Waals surface area contributed by atoms with Crippen molar-refractivity contribution in [1.29, 1.82) is 0 Å². The number of hydrogen-bond donors (Lipinski definition) is 3. The van der Waals surface area contributed by atoms with Gasteiger partial charge in [0.05, 0.1) is 18.0 Å². The van der Waals surface area contributed by atoms with Gasteiger partial charge in [0, 0.05) is 24.4 Å². The quantitative estimate of drug-likeness (QED) is 0.253. The van der Waals surface area contributed by atoms with Crippen molar-refractivity contribution in [3.63, 3.8) is 0 Å². The highest BCUT2D eigenvalue weighted by Gasteiger charge is 2.27. The van der Waals surface area contributed by atoms with E-state index < -0.39 is 40.1 Å². The molecule has 0 spiro atoms. The Balaban J connectivity index is 1.63.